The Morgan fingerprint density at radius 1 is 1.29 bits per heavy atom. The summed E-state index contributed by atoms with van der Waals surface area (Å²) in [7, 11) is 1.65. The zero-order chi connectivity index (χ0) is 14.8. The number of hydrogen-bond donors (Lipinski definition) is 1. The summed E-state index contributed by atoms with van der Waals surface area (Å²) >= 11 is 0. The van der Waals surface area contributed by atoms with E-state index >= 15 is 0 Å². The second kappa shape index (κ2) is 5.71. The van der Waals surface area contributed by atoms with E-state index in [-0.39, 0.29) is 0 Å². The van der Waals surface area contributed by atoms with Crippen LogP contribution in [0.4, 0.5) is 5.69 Å². The highest BCUT2D eigenvalue weighted by molar-refractivity contribution is 5.68. The summed E-state index contributed by atoms with van der Waals surface area (Å²) in [4.78, 5) is 0. The number of nitrogen functional groups attached to an aromatic ring is 1. The van der Waals surface area contributed by atoms with Gasteiger partial charge in [0.1, 0.15) is 5.75 Å². The van der Waals surface area contributed by atoms with Gasteiger partial charge in [-0.3, -0.25) is 0 Å². The molecule has 0 spiro atoms. The number of rotatable bonds is 3. The van der Waals surface area contributed by atoms with Crippen molar-refractivity contribution < 1.29 is 4.74 Å². The molecule has 0 bridgehead atoms. The molecule has 6 nitrogen and oxygen atoms in total. The van der Waals surface area contributed by atoms with E-state index in [1.807, 2.05) is 22.9 Å². The van der Waals surface area contributed by atoms with Gasteiger partial charge in [0.2, 0.25) is 0 Å². The maximum absolute atomic E-state index is 5.91. The first kappa shape index (κ1) is 13.9. The first-order valence-corrected chi connectivity index (χ1v) is 7.42. The first-order valence-electron chi connectivity index (χ1n) is 7.42. The van der Waals surface area contributed by atoms with Crippen molar-refractivity contribution in [3.8, 4) is 17.1 Å². The van der Waals surface area contributed by atoms with Gasteiger partial charge in [0.05, 0.1) is 18.7 Å². The van der Waals surface area contributed by atoms with Crippen LogP contribution >= 0.6 is 0 Å². The SMILES string of the molecule is COc1ccc(N)cc1-c1nnnn1C1CCCCC1C. The number of tetrazole rings is 1. The molecule has 6 heteroatoms. The van der Waals surface area contributed by atoms with Gasteiger partial charge in [0, 0.05) is 5.69 Å². The van der Waals surface area contributed by atoms with Gasteiger partial charge in [-0.25, -0.2) is 4.68 Å². The normalized spacial score (nSPS) is 22.2. The van der Waals surface area contributed by atoms with Gasteiger partial charge in [-0.15, -0.1) is 5.10 Å². The highest BCUT2D eigenvalue weighted by Gasteiger charge is 2.27. The molecule has 1 saturated carbocycles. The van der Waals surface area contributed by atoms with Crippen LogP contribution in [0, 0.1) is 5.92 Å². The first-order chi connectivity index (χ1) is 10.2. The predicted octanol–water partition coefficient (Wildman–Crippen LogP) is 2.68. The molecule has 0 aliphatic heterocycles. The summed E-state index contributed by atoms with van der Waals surface area (Å²) in [6.07, 6.45) is 4.85. The fourth-order valence-corrected chi connectivity index (χ4v) is 3.15. The molecule has 1 aliphatic carbocycles. The largest absolute Gasteiger partial charge is 0.496 e. The van der Waals surface area contributed by atoms with Crippen LogP contribution in [0.15, 0.2) is 18.2 Å². The topological polar surface area (TPSA) is 78.8 Å². The second-order valence-electron chi connectivity index (χ2n) is 5.74. The predicted molar refractivity (Wildman–Crippen MR) is 80.9 cm³/mol. The third-order valence-electron chi connectivity index (χ3n) is 4.34. The van der Waals surface area contributed by atoms with Crippen LogP contribution in [0.2, 0.25) is 0 Å². The van der Waals surface area contributed by atoms with Crippen LogP contribution in [0.5, 0.6) is 5.75 Å². The van der Waals surface area contributed by atoms with Crippen molar-refractivity contribution in [3.63, 3.8) is 0 Å². The van der Waals surface area contributed by atoms with Crippen molar-refractivity contribution in [2.24, 2.45) is 5.92 Å². The summed E-state index contributed by atoms with van der Waals surface area (Å²) in [5.74, 6) is 2.05. The summed E-state index contributed by atoms with van der Waals surface area (Å²) in [5.41, 5.74) is 7.44. The number of aromatic nitrogens is 4. The molecule has 2 N–H and O–H groups in total. The van der Waals surface area contributed by atoms with Crippen LogP contribution in [-0.4, -0.2) is 27.3 Å². The second-order valence-corrected chi connectivity index (χ2v) is 5.74. The van der Waals surface area contributed by atoms with Gasteiger partial charge in [-0.2, -0.15) is 0 Å². The molecule has 2 unspecified atom stereocenters. The molecule has 1 fully saturated rings. The smallest absolute Gasteiger partial charge is 0.186 e. The molecule has 1 aromatic carbocycles. The minimum Gasteiger partial charge on any atom is -0.496 e. The van der Waals surface area contributed by atoms with E-state index in [2.05, 4.69) is 22.4 Å². The van der Waals surface area contributed by atoms with Gasteiger partial charge < -0.3 is 10.5 Å². The third kappa shape index (κ3) is 2.57. The Hall–Kier alpha value is -2.11. The van der Waals surface area contributed by atoms with Crippen LogP contribution in [0.3, 0.4) is 0 Å². The molecule has 2 atom stereocenters. The van der Waals surface area contributed by atoms with E-state index in [4.69, 9.17) is 10.5 Å². The van der Waals surface area contributed by atoms with Gasteiger partial charge >= 0.3 is 0 Å². The van der Waals surface area contributed by atoms with Crippen LogP contribution in [-0.2, 0) is 0 Å². The zero-order valence-corrected chi connectivity index (χ0v) is 12.5. The molecule has 21 heavy (non-hydrogen) atoms. The average molecular weight is 287 g/mol. The highest BCUT2D eigenvalue weighted by atomic mass is 16.5. The summed E-state index contributed by atoms with van der Waals surface area (Å²) in [5, 5.41) is 12.3. The Kier molecular flexibility index (Phi) is 3.77. The average Bonchev–Trinajstić information content (AvgIpc) is 2.96. The maximum Gasteiger partial charge on any atom is 0.186 e. The molecule has 0 radical (unpaired) electrons. The maximum atomic E-state index is 5.91. The van der Waals surface area contributed by atoms with E-state index in [9.17, 15) is 0 Å². The molecular formula is C15H21N5O. The minimum absolute atomic E-state index is 0.342. The Balaban J connectivity index is 2.04. The van der Waals surface area contributed by atoms with Crippen LogP contribution in [0.1, 0.15) is 38.6 Å². The Bertz CT molecular complexity index is 624. The minimum atomic E-state index is 0.342. The fourth-order valence-electron chi connectivity index (χ4n) is 3.15. The molecule has 3 rings (SSSR count). The molecule has 0 amide bonds. The van der Waals surface area contributed by atoms with Crippen LogP contribution in [0.25, 0.3) is 11.4 Å². The Morgan fingerprint density at radius 3 is 2.86 bits per heavy atom. The third-order valence-corrected chi connectivity index (χ3v) is 4.34. The summed E-state index contributed by atoms with van der Waals surface area (Å²) in [6.45, 7) is 2.27. The van der Waals surface area contributed by atoms with Crippen LogP contribution < -0.4 is 10.5 Å². The van der Waals surface area contributed by atoms with E-state index < -0.39 is 0 Å². The molecular weight excluding hydrogens is 266 g/mol. The van der Waals surface area contributed by atoms with E-state index in [0.29, 0.717) is 17.6 Å². The quantitative estimate of drug-likeness (QED) is 0.878. The number of ether oxygens (including phenoxy) is 1. The van der Waals surface area contributed by atoms with Gasteiger partial charge in [0.15, 0.2) is 5.82 Å². The van der Waals surface area contributed by atoms with Crippen molar-refractivity contribution in [3.05, 3.63) is 18.2 Å². The summed E-state index contributed by atoms with van der Waals surface area (Å²) in [6, 6.07) is 5.89. The number of anilines is 1. The molecule has 2 aromatic rings. The Labute approximate surface area is 124 Å². The van der Waals surface area contributed by atoms with E-state index in [1.54, 1.807) is 7.11 Å². The monoisotopic (exact) mass is 287 g/mol. The van der Waals surface area contributed by atoms with Gasteiger partial charge in [0.25, 0.3) is 0 Å². The molecule has 1 aromatic heterocycles. The van der Waals surface area contributed by atoms with Gasteiger partial charge in [-0.1, -0.05) is 19.8 Å². The number of benzene rings is 1. The lowest BCUT2D eigenvalue weighted by Gasteiger charge is -2.29. The number of hydrogen-bond acceptors (Lipinski definition) is 5. The van der Waals surface area contributed by atoms with Crippen molar-refractivity contribution >= 4 is 5.69 Å². The summed E-state index contributed by atoms with van der Waals surface area (Å²) < 4.78 is 7.37. The lowest BCUT2D eigenvalue weighted by molar-refractivity contribution is 0.239. The van der Waals surface area contributed by atoms with Gasteiger partial charge in [-0.05, 0) is 47.4 Å². The van der Waals surface area contributed by atoms with Crippen molar-refractivity contribution in [1.29, 1.82) is 0 Å². The fraction of sp³-hybridized carbons (Fsp3) is 0.533. The lowest BCUT2D eigenvalue weighted by atomic mass is 9.86. The molecule has 1 heterocycles. The Morgan fingerprint density at radius 2 is 2.10 bits per heavy atom. The van der Waals surface area contributed by atoms with E-state index in [1.165, 1.54) is 19.3 Å². The molecule has 1 aliphatic rings. The number of methoxy groups -OCH3 is 1. The zero-order valence-electron chi connectivity index (χ0n) is 12.5. The van der Waals surface area contributed by atoms with Crippen molar-refractivity contribution in [2.75, 3.05) is 12.8 Å². The number of nitrogens with two attached hydrogens (primary N) is 1. The van der Waals surface area contributed by atoms with E-state index in [0.717, 1.165) is 23.6 Å². The molecule has 112 valence electrons. The molecule has 0 saturated heterocycles. The van der Waals surface area contributed by atoms with Crippen molar-refractivity contribution in [2.45, 2.75) is 38.6 Å². The standard InChI is InChI=1S/C15H21N5O/c1-10-5-3-4-6-13(10)20-15(17-18-19-20)12-9-11(16)7-8-14(12)21-2/h7-10,13H,3-6,16H2,1-2H3. The number of nitrogens with zero attached hydrogens (tertiary/aromatic N) is 4. The lowest BCUT2D eigenvalue weighted by Crippen LogP contribution is -2.23. The van der Waals surface area contributed by atoms with Crippen molar-refractivity contribution in [1.82, 2.24) is 20.2 Å². The highest BCUT2D eigenvalue weighted by Crippen LogP contribution is 2.37.